The highest BCUT2D eigenvalue weighted by Crippen LogP contribution is 2.31. The van der Waals surface area contributed by atoms with E-state index in [0.29, 0.717) is 6.61 Å². The quantitative estimate of drug-likeness (QED) is 0.630. The van der Waals surface area contributed by atoms with Gasteiger partial charge in [-0.15, -0.1) is 11.3 Å². The van der Waals surface area contributed by atoms with E-state index in [1.54, 1.807) is 24.5 Å². The molecule has 0 radical (unpaired) electrons. The molecule has 0 saturated heterocycles. The zero-order valence-electron chi connectivity index (χ0n) is 9.54. The van der Waals surface area contributed by atoms with E-state index in [1.807, 2.05) is 19.1 Å². The first-order valence-corrected chi connectivity index (χ1v) is 6.95. The van der Waals surface area contributed by atoms with E-state index in [2.05, 4.69) is 9.97 Å². The van der Waals surface area contributed by atoms with Crippen molar-refractivity contribution in [2.75, 3.05) is 6.61 Å². The number of carbonyl (C=O) groups is 1. The molecule has 2 heterocycles. The third-order valence-corrected chi connectivity index (χ3v) is 4.22. The molecular weight excluding hydrogens is 256 g/mol. The van der Waals surface area contributed by atoms with Gasteiger partial charge in [-0.1, -0.05) is 11.8 Å². The molecule has 90 valence electrons. The van der Waals surface area contributed by atoms with Crippen LogP contribution >= 0.6 is 23.1 Å². The van der Waals surface area contributed by atoms with Gasteiger partial charge in [0.1, 0.15) is 5.25 Å². The van der Waals surface area contributed by atoms with Gasteiger partial charge in [-0.25, -0.2) is 9.97 Å². The number of hydrogen-bond donors (Lipinski definition) is 0. The highest BCUT2D eigenvalue weighted by molar-refractivity contribution is 8.02. The number of aromatic nitrogens is 2. The van der Waals surface area contributed by atoms with Gasteiger partial charge >= 0.3 is 5.97 Å². The van der Waals surface area contributed by atoms with Crippen LogP contribution in [0.25, 0.3) is 10.3 Å². The van der Waals surface area contributed by atoms with Crippen LogP contribution < -0.4 is 0 Å². The van der Waals surface area contributed by atoms with Crippen LogP contribution in [0.5, 0.6) is 0 Å². The maximum Gasteiger partial charge on any atom is 0.319 e. The van der Waals surface area contributed by atoms with Crippen LogP contribution in [0.3, 0.4) is 0 Å². The Morgan fingerprint density at radius 1 is 1.65 bits per heavy atom. The van der Waals surface area contributed by atoms with Crippen molar-refractivity contribution >= 4 is 39.4 Å². The summed E-state index contributed by atoms with van der Waals surface area (Å²) in [5, 5.41) is -0.240. The van der Waals surface area contributed by atoms with E-state index >= 15 is 0 Å². The summed E-state index contributed by atoms with van der Waals surface area (Å²) < 4.78 is 6.83. The van der Waals surface area contributed by atoms with E-state index in [-0.39, 0.29) is 11.2 Å². The lowest BCUT2D eigenvalue weighted by molar-refractivity contribution is -0.142. The number of pyridine rings is 1. The number of nitrogens with zero attached hydrogens (tertiary/aromatic N) is 2. The molecule has 4 nitrogen and oxygen atoms in total. The van der Waals surface area contributed by atoms with Crippen molar-refractivity contribution in [2.24, 2.45) is 0 Å². The molecule has 0 aliphatic heterocycles. The third kappa shape index (κ3) is 2.95. The van der Waals surface area contributed by atoms with Crippen LogP contribution in [0.4, 0.5) is 0 Å². The summed E-state index contributed by atoms with van der Waals surface area (Å²) in [7, 11) is 0. The minimum Gasteiger partial charge on any atom is -0.465 e. The van der Waals surface area contributed by atoms with Gasteiger partial charge in [0.2, 0.25) is 0 Å². The minimum atomic E-state index is -0.240. The zero-order chi connectivity index (χ0) is 12.3. The van der Waals surface area contributed by atoms with Crippen LogP contribution in [-0.2, 0) is 9.53 Å². The van der Waals surface area contributed by atoms with Crippen LogP contribution in [0.15, 0.2) is 22.7 Å². The van der Waals surface area contributed by atoms with Gasteiger partial charge in [0.05, 0.1) is 11.3 Å². The Morgan fingerprint density at radius 2 is 2.47 bits per heavy atom. The molecule has 2 aromatic rings. The van der Waals surface area contributed by atoms with E-state index in [0.717, 1.165) is 14.7 Å². The Labute approximate surface area is 107 Å². The number of esters is 1. The predicted molar refractivity (Wildman–Crippen MR) is 69.4 cm³/mol. The van der Waals surface area contributed by atoms with E-state index < -0.39 is 0 Å². The zero-order valence-corrected chi connectivity index (χ0v) is 11.2. The smallest absolute Gasteiger partial charge is 0.319 e. The van der Waals surface area contributed by atoms with E-state index in [1.165, 1.54) is 11.8 Å². The highest BCUT2D eigenvalue weighted by Gasteiger charge is 2.17. The third-order valence-electron chi connectivity index (χ3n) is 2.04. The van der Waals surface area contributed by atoms with Crippen molar-refractivity contribution in [2.45, 2.75) is 23.4 Å². The van der Waals surface area contributed by atoms with Crippen molar-refractivity contribution in [3.05, 3.63) is 18.3 Å². The van der Waals surface area contributed by atoms with Gasteiger partial charge in [-0.05, 0) is 26.0 Å². The molecule has 0 saturated carbocycles. The Bertz CT molecular complexity index is 494. The topological polar surface area (TPSA) is 52.1 Å². The molecule has 0 bridgehead atoms. The molecule has 0 unspecified atom stereocenters. The maximum absolute atomic E-state index is 11.5. The summed E-state index contributed by atoms with van der Waals surface area (Å²) in [6.07, 6.45) is 1.71. The first-order chi connectivity index (χ1) is 8.20. The van der Waals surface area contributed by atoms with Crippen molar-refractivity contribution in [1.29, 1.82) is 0 Å². The molecule has 0 aliphatic rings. The van der Waals surface area contributed by atoms with Crippen molar-refractivity contribution in [1.82, 2.24) is 9.97 Å². The molecular formula is C11H12N2O2S2. The second-order valence-electron chi connectivity index (χ2n) is 3.32. The molecule has 2 rings (SSSR count). The minimum absolute atomic E-state index is 0.204. The summed E-state index contributed by atoms with van der Waals surface area (Å²) in [5.74, 6) is -0.204. The lowest BCUT2D eigenvalue weighted by Gasteiger charge is -2.07. The normalized spacial score (nSPS) is 12.6. The Balaban J connectivity index is 2.10. The van der Waals surface area contributed by atoms with Gasteiger partial charge < -0.3 is 4.74 Å². The number of hydrogen-bond acceptors (Lipinski definition) is 6. The Kier molecular flexibility index (Phi) is 3.96. The lowest BCUT2D eigenvalue weighted by atomic mass is 10.5. The molecule has 0 amide bonds. The molecule has 0 N–H and O–H groups in total. The predicted octanol–water partition coefficient (Wildman–Crippen LogP) is 2.74. The molecule has 0 aliphatic carbocycles. The van der Waals surface area contributed by atoms with Crippen LogP contribution in [0.1, 0.15) is 13.8 Å². The summed E-state index contributed by atoms with van der Waals surface area (Å²) in [5.41, 5.74) is 0.732. The van der Waals surface area contributed by atoms with Crippen LogP contribution in [-0.4, -0.2) is 27.8 Å². The summed E-state index contributed by atoms with van der Waals surface area (Å²) in [4.78, 5) is 20.0. The van der Waals surface area contributed by atoms with Gasteiger partial charge in [0.15, 0.2) is 9.99 Å². The number of thiazole rings is 1. The highest BCUT2D eigenvalue weighted by atomic mass is 32.2. The monoisotopic (exact) mass is 268 g/mol. The Hall–Kier alpha value is -1.14. The Morgan fingerprint density at radius 3 is 3.18 bits per heavy atom. The van der Waals surface area contributed by atoms with Crippen LogP contribution in [0, 0.1) is 0 Å². The molecule has 2 aromatic heterocycles. The molecule has 1 atom stereocenters. The largest absolute Gasteiger partial charge is 0.465 e. The maximum atomic E-state index is 11.5. The SMILES string of the molecule is CCOC(=O)[C@H](C)Sc1nc2ncccc2s1. The fourth-order valence-corrected chi connectivity index (χ4v) is 3.42. The fraction of sp³-hybridized carbons (Fsp3) is 0.364. The lowest BCUT2D eigenvalue weighted by Crippen LogP contribution is -2.16. The van der Waals surface area contributed by atoms with Crippen LogP contribution in [0.2, 0.25) is 0 Å². The number of carbonyl (C=O) groups excluding carboxylic acids is 1. The second-order valence-corrected chi connectivity index (χ2v) is 5.94. The molecule has 0 fully saturated rings. The average Bonchev–Trinajstić information content (AvgIpc) is 2.71. The number of thioether (sulfide) groups is 1. The van der Waals surface area contributed by atoms with Crippen molar-refractivity contribution in [3.63, 3.8) is 0 Å². The van der Waals surface area contributed by atoms with Gasteiger partial charge in [-0.2, -0.15) is 0 Å². The summed E-state index contributed by atoms with van der Waals surface area (Å²) in [6, 6.07) is 3.85. The van der Waals surface area contributed by atoms with Gasteiger partial charge in [0.25, 0.3) is 0 Å². The summed E-state index contributed by atoms with van der Waals surface area (Å²) >= 11 is 2.95. The van der Waals surface area contributed by atoms with Crippen molar-refractivity contribution < 1.29 is 9.53 Å². The van der Waals surface area contributed by atoms with Gasteiger partial charge in [0, 0.05) is 6.20 Å². The number of ether oxygens (including phenoxy) is 1. The summed E-state index contributed by atoms with van der Waals surface area (Å²) in [6.45, 7) is 4.03. The second kappa shape index (κ2) is 5.46. The number of fused-ring (bicyclic) bond motifs is 1. The first kappa shape index (κ1) is 12.3. The number of rotatable bonds is 4. The van der Waals surface area contributed by atoms with E-state index in [4.69, 9.17) is 4.74 Å². The molecule has 0 spiro atoms. The standard InChI is InChI=1S/C11H12N2O2S2/c1-3-15-10(14)7(2)16-11-13-9-8(17-11)5-4-6-12-9/h4-7H,3H2,1-2H3/t7-/m0/s1. The fourth-order valence-electron chi connectivity index (χ4n) is 1.26. The molecule has 6 heteroatoms. The first-order valence-electron chi connectivity index (χ1n) is 5.25. The van der Waals surface area contributed by atoms with E-state index in [9.17, 15) is 4.79 Å². The van der Waals surface area contributed by atoms with Gasteiger partial charge in [-0.3, -0.25) is 4.79 Å². The molecule has 17 heavy (non-hydrogen) atoms. The van der Waals surface area contributed by atoms with Crippen molar-refractivity contribution in [3.8, 4) is 0 Å². The average molecular weight is 268 g/mol. The molecule has 0 aromatic carbocycles.